The molecular formula is C12H14BrFO. The van der Waals surface area contributed by atoms with Crippen molar-refractivity contribution < 1.29 is 9.50 Å². The van der Waals surface area contributed by atoms with Crippen molar-refractivity contribution in [3.8, 4) is 0 Å². The summed E-state index contributed by atoms with van der Waals surface area (Å²) in [5.41, 5.74) is 0.761. The molecule has 0 heterocycles. The molecular weight excluding hydrogens is 259 g/mol. The molecule has 1 N–H and O–H groups in total. The van der Waals surface area contributed by atoms with Gasteiger partial charge in [-0.2, -0.15) is 0 Å². The second kappa shape index (κ2) is 4.62. The minimum absolute atomic E-state index is 0.147. The van der Waals surface area contributed by atoms with Gasteiger partial charge in [-0.15, -0.1) is 0 Å². The largest absolute Gasteiger partial charge is 0.393 e. The molecule has 3 heteroatoms. The minimum atomic E-state index is -0.173. The highest BCUT2D eigenvalue weighted by Crippen LogP contribution is 2.29. The fourth-order valence-electron chi connectivity index (χ4n) is 2.23. The summed E-state index contributed by atoms with van der Waals surface area (Å²) in [5, 5.41) is 9.39. The summed E-state index contributed by atoms with van der Waals surface area (Å²) in [6.07, 6.45) is 3.26. The van der Waals surface area contributed by atoms with Crippen LogP contribution in [-0.4, -0.2) is 11.2 Å². The normalized spacial score (nSPS) is 25.8. The van der Waals surface area contributed by atoms with Crippen LogP contribution < -0.4 is 0 Å². The summed E-state index contributed by atoms with van der Waals surface area (Å²) >= 11 is 3.24. The monoisotopic (exact) mass is 272 g/mol. The summed E-state index contributed by atoms with van der Waals surface area (Å²) in [7, 11) is 0. The van der Waals surface area contributed by atoms with Crippen molar-refractivity contribution in [1.29, 1.82) is 0 Å². The molecule has 1 aromatic rings. The Balaban J connectivity index is 2.04. The van der Waals surface area contributed by atoms with Crippen molar-refractivity contribution in [1.82, 2.24) is 0 Å². The van der Waals surface area contributed by atoms with Gasteiger partial charge in [-0.3, -0.25) is 0 Å². The van der Waals surface area contributed by atoms with Gasteiger partial charge in [0, 0.05) is 4.47 Å². The lowest BCUT2D eigenvalue weighted by Gasteiger charge is -2.10. The molecule has 82 valence electrons. The quantitative estimate of drug-likeness (QED) is 0.876. The predicted molar refractivity (Wildman–Crippen MR) is 61.2 cm³/mol. The van der Waals surface area contributed by atoms with Gasteiger partial charge in [-0.1, -0.05) is 22.0 Å². The number of aliphatic hydroxyl groups is 1. The molecule has 15 heavy (non-hydrogen) atoms. The Labute approximate surface area is 97.4 Å². The number of hydrogen-bond acceptors (Lipinski definition) is 1. The fourth-order valence-corrected chi connectivity index (χ4v) is 2.57. The lowest BCUT2D eigenvalue weighted by Crippen LogP contribution is -2.04. The number of halogens is 2. The van der Waals surface area contributed by atoms with Crippen LogP contribution in [0, 0.1) is 11.7 Å². The lowest BCUT2D eigenvalue weighted by molar-refractivity contribution is 0.177. The van der Waals surface area contributed by atoms with Gasteiger partial charge in [0.25, 0.3) is 0 Å². The summed E-state index contributed by atoms with van der Waals surface area (Å²) < 4.78 is 14.3. The van der Waals surface area contributed by atoms with Gasteiger partial charge in [0.15, 0.2) is 0 Å². The molecule has 0 aliphatic heterocycles. The van der Waals surface area contributed by atoms with Crippen molar-refractivity contribution in [2.24, 2.45) is 5.92 Å². The van der Waals surface area contributed by atoms with Gasteiger partial charge in [0.2, 0.25) is 0 Å². The number of benzene rings is 1. The molecule has 1 saturated carbocycles. The van der Waals surface area contributed by atoms with Crippen molar-refractivity contribution in [2.45, 2.75) is 31.8 Å². The Kier molecular flexibility index (Phi) is 3.42. The number of hydrogen-bond donors (Lipinski definition) is 1. The zero-order valence-corrected chi connectivity index (χ0v) is 10.0. The van der Waals surface area contributed by atoms with Crippen LogP contribution in [0.25, 0.3) is 0 Å². The molecule has 0 amide bonds. The van der Waals surface area contributed by atoms with Gasteiger partial charge >= 0.3 is 0 Å². The van der Waals surface area contributed by atoms with Crippen molar-refractivity contribution >= 4 is 15.9 Å². The third-order valence-electron chi connectivity index (χ3n) is 3.04. The van der Waals surface area contributed by atoms with E-state index in [1.54, 1.807) is 0 Å². The van der Waals surface area contributed by atoms with Crippen LogP contribution in [0.5, 0.6) is 0 Å². The Morgan fingerprint density at radius 2 is 2.20 bits per heavy atom. The fraction of sp³-hybridized carbons (Fsp3) is 0.500. The predicted octanol–water partition coefficient (Wildman–Crippen LogP) is 3.29. The Bertz CT molecular complexity index is 353. The molecule has 1 fully saturated rings. The standard InChI is InChI=1S/C12H14BrFO/c13-10-3-2-9(12(14)7-10)5-8-1-4-11(15)6-8/h2-3,7-8,11,15H,1,4-6H2. The van der Waals surface area contributed by atoms with E-state index in [9.17, 15) is 9.50 Å². The molecule has 1 aliphatic rings. The maximum atomic E-state index is 13.5. The summed E-state index contributed by atoms with van der Waals surface area (Å²) in [4.78, 5) is 0. The smallest absolute Gasteiger partial charge is 0.127 e. The Morgan fingerprint density at radius 3 is 2.80 bits per heavy atom. The second-order valence-corrected chi connectivity index (χ2v) is 5.19. The average molecular weight is 273 g/mol. The zero-order valence-electron chi connectivity index (χ0n) is 8.42. The summed E-state index contributed by atoms with van der Waals surface area (Å²) in [5.74, 6) is 0.293. The SMILES string of the molecule is OC1CCC(Cc2ccc(Br)cc2F)C1. The molecule has 0 bridgehead atoms. The number of rotatable bonds is 2. The highest BCUT2D eigenvalue weighted by atomic mass is 79.9. The third-order valence-corrected chi connectivity index (χ3v) is 3.53. The van der Waals surface area contributed by atoms with Crippen molar-refractivity contribution in [2.75, 3.05) is 0 Å². The van der Waals surface area contributed by atoms with E-state index in [-0.39, 0.29) is 11.9 Å². The minimum Gasteiger partial charge on any atom is -0.393 e. The van der Waals surface area contributed by atoms with Crippen molar-refractivity contribution in [3.63, 3.8) is 0 Å². The van der Waals surface area contributed by atoms with Crippen LogP contribution in [0.3, 0.4) is 0 Å². The highest BCUT2D eigenvalue weighted by Gasteiger charge is 2.23. The Hall–Kier alpha value is -0.410. The van der Waals surface area contributed by atoms with Gasteiger partial charge in [0.05, 0.1) is 6.10 Å². The first-order chi connectivity index (χ1) is 7.15. The number of aliphatic hydroxyl groups excluding tert-OH is 1. The van der Waals surface area contributed by atoms with E-state index < -0.39 is 0 Å². The Morgan fingerprint density at radius 1 is 1.40 bits per heavy atom. The molecule has 1 aliphatic carbocycles. The first-order valence-electron chi connectivity index (χ1n) is 5.27. The molecule has 2 unspecified atom stereocenters. The first-order valence-corrected chi connectivity index (χ1v) is 6.06. The zero-order chi connectivity index (χ0) is 10.8. The van der Waals surface area contributed by atoms with Gasteiger partial charge in [0.1, 0.15) is 5.82 Å². The molecule has 1 nitrogen and oxygen atoms in total. The van der Waals surface area contributed by atoms with Crippen LogP contribution in [0.15, 0.2) is 22.7 Å². The van der Waals surface area contributed by atoms with Gasteiger partial charge in [-0.05, 0) is 49.3 Å². The van der Waals surface area contributed by atoms with Gasteiger partial charge in [-0.25, -0.2) is 4.39 Å². The van der Waals surface area contributed by atoms with E-state index in [1.807, 2.05) is 12.1 Å². The molecule has 2 rings (SSSR count). The van der Waals surface area contributed by atoms with Crippen molar-refractivity contribution in [3.05, 3.63) is 34.1 Å². The molecule has 0 saturated heterocycles. The van der Waals surface area contributed by atoms with E-state index in [0.29, 0.717) is 5.92 Å². The lowest BCUT2D eigenvalue weighted by atomic mass is 9.97. The molecule has 2 atom stereocenters. The van der Waals surface area contributed by atoms with Crippen LogP contribution in [-0.2, 0) is 6.42 Å². The van der Waals surface area contributed by atoms with Crippen LogP contribution in [0.2, 0.25) is 0 Å². The average Bonchev–Trinajstić information content (AvgIpc) is 2.56. The summed E-state index contributed by atoms with van der Waals surface area (Å²) in [6.45, 7) is 0. The maximum Gasteiger partial charge on any atom is 0.127 e. The highest BCUT2D eigenvalue weighted by molar-refractivity contribution is 9.10. The molecule has 0 aromatic heterocycles. The van der Waals surface area contributed by atoms with Gasteiger partial charge < -0.3 is 5.11 Å². The summed E-state index contributed by atoms with van der Waals surface area (Å²) in [6, 6.07) is 5.19. The van der Waals surface area contributed by atoms with E-state index in [1.165, 1.54) is 6.07 Å². The topological polar surface area (TPSA) is 20.2 Å². The van der Waals surface area contributed by atoms with Crippen LogP contribution in [0.1, 0.15) is 24.8 Å². The molecule has 1 aromatic carbocycles. The van der Waals surface area contributed by atoms with E-state index in [0.717, 1.165) is 35.7 Å². The van der Waals surface area contributed by atoms with Crippen LogP contribution in [0.4, 0.5) is 4.39 Å². The molecule has 0 radical (unpaired) electrons. The van der Waals surface area contributed by atoms with E-state index in [4.69, 9.17) is 0 Å². The molecule has 0 spiro atoms. The van der Waals surface area contributed by atoms with E-state index in [2.05, 4.69) is 15.9 Å². The second-order valence-electron chi connectivity index (χ2n) is 4.27. The third kappa shape index (κ3) is 2.79. The maximum absolute atomic E-state index is 13.5. The van der Waals surface area contributed by atoms with Crippen LogP contribution >= 0.6 is 15.9 Å². The first kappa shape index (κ1) is 11.1. The van der Waals surface area contributed by atoms with E-state index >= 15 is 0 Å².